The van der Waals surface area contributed by atoms with Crippen LogP contribution in [0.5, 0.6) is 0 Å². The van der Waals surface area contributed by atoms with Crippen molar-refractivity contribution in [1.29, 1.82) is 0 Å². The molecule has 1 aliphatic carbocycles. The van der Waals surface area contributed by atoms with Crippen LogP contribution in [0.4, 0.5) is 5.69 Å². The SMILES string of the molecule is CC1CCC(Nc2ccc3nccnc3c2)CC1. The van der Waals surface area contributed by atoms with E-state index in [1.165, 1.54) is 31.4 Å². The van der Waals surface area contributed by atoms with E-state index in [4.69, 9.17) is 0 Å². The van der Waals surface area contributed by atoms with E-state index in [2.05, 4.69) is 34.3 Å². The fraction of sp³-hybridized carbons (Fsp3) is 0.467. The van der Waals surface area contributed by atoms with Crippen molar-refractivity contribution in [2.45, 2.75) is 38.6 Å². The van der Waals surface area contributed by atoms with Crippen molar-refractivity contribution < 1.29 is 0 Å². The van der Waals surface area contributed by atoms with E-state index in [0.717, 1.165) is 17.0 Å². The fourth-order valence-electron chi connectivity index (χ4n) is 2.69. The van der Waals surface area contributed by atoms with Crippen LogP contribution in [0.3, 0.4) is 0 Å². The Labute approximate surface area is 108 Å². The molecular weight excluding hydrogens is 222 g/mol. The van der Waals surface area contributed by atoms with Crippen LogP contribution in [-0.2, 0) is 0 Å². The topological polar surface area (TPSA) is 37.8 Å². The highest BCUT2D eigenvalue weighted by Gasteiger charge is 2.17. The van der Waals surface area contributed by atoms with Crippen LogP contribution in [0.15, 0.2) is 30.6 Å². The number of rotatable bonds is 2. The van der Waals surface area contributed by atoms with Crippen LogP contribution in [0, 0.1) is 5.92 Å². The van der Waals surface area contributed by atoms with Crippen molar-refractivity contribution in [2.75, 3.05) is 5.32 Å². The molecule has 1 saturated carbocycles. The zero-order valence-electron chi connectivity index (χ0n) is 10.8. The van der Waals surface area contributed by atoms with Crippen LogP contribution in [0.25, 0.3) is 11.0 Å². The van der Waals surface area contributed by atoms with E-state index in [1.807, 2.05) is 6.07 Å². The fourth-order valence-corrected chi connectivity index (χ4v) is 2.69. The molecule has 1 aromatic heterocycles. The summed E-state index contributed by atoms with van der Waals surface area (Å²) >= 11 is 0. The third kappa shape index (κ3) is 2.45. The van der Waals surface area contributed by atoms with Gasteiger partial charge in [-0.15, -0.1) is 0 Å². The molecule has 0 aliphatic heterocycles. The van der Waals surface area contributed by atoms with Gasteiger partial charge < -0.3 is 5.32 Å². The Morgan fingerprint density at radius 3 is 2.50 bits per heavy atom. The molecule has 0 amide bonds. The summed E-state index contributed by atoms with van der Waals surface area (Å²) in [5, 5.41) is 3.63. The molecule has 2 aromatic rings. The van der Waals surface area contributed by atoms with Crippen LogP contribution < -0.4 is 5.32 Å². The van der Waals surface area contributed by atoms with Crippen molar-refractivity contribution >= 4 is 16.7 Å². The lowest BCUT2D eigenvalue weighted by Gasteiger charge is -2.27. The van der Waals surface area contributed by atoms with Gasteiger partial charge in [-0.05, 0) is 49.8 Å². The number of hydrogen-bond acceptors (Lipinski definition) is 3. The third-order valence-electron chi connectivity index (χ3n) is 3.86. The summed E-state index contributed by atoms with van der Waals surface area (Å²) in [5.74, 6) is 0.894. The number of hydrogen-bond donors (Lipinski definition) is 1. The van der Waals surface area contributed by atoms with Gasteiger partial charge in [0.15, 0.2) is 0 Å². The molecule has 1 heterocycles. The minimum absolute atomic E-state index is 0.621. The first-order chi connectivity index (χ1) is 8.81. The average molecular weight is 241 g/mol. The molecule has 0 bridgehead atoms. The van der Waals surface area contributed by atoms with Crippen LogP contribution >= 0.6 is 0 Å². The Balaban J connectivity index is 1.74. The first-order valence-corrected chi connectivity index (χ1v) is 6.78. The lowest BCUT2D eigenvalue weighted by atomic mass is 9.87. The number of fused-ring (bicyclic) bond motifs is 1. The molecule has 0 spiro atoms. The predicted molar refractivity (Wildman–Crippen MR) is 74.6 cm³/mol. The zero-order chi connectivity index (χ0) is 12.4. The number of nitrogens with zero attached hydrogens (tertiary/aromatic N) is 2. The van der Waals surface area contributed by atoms with Crippen molar-refractivity contribution in [1.82, 2.24) is 9.97 Å². The first kappa shape index (κ1) is 11.5. The summed E-state index contributed by atoms with van der Waals surface area (Å²) in [7, 11) is 0. The Bertz CT molecular complexity index is 530. The summed E-state index contributed by atoms with van der Waals surface area (Å²) in [6.07, 6.45) is 8.71. The van der Waals surface area contributed by atoms with E-state index in [-0.39, 0.29) is 0 Å². The normalized spacial score (nSPS) is 24.1. The standard InChI is InChI=1S/C15H19N3/c1-11-2-4-12(5-3-11)18-13-6-7-14-15(10-13)17-9-8-16-14/h6-12,18H,2-5H2,1H3. The second-order valence-corrected chi connectivity index (χ2v) is 5.36. The smallest absolute Gasteiger partial charge is 0.0907 e. The molecule has 1 N–H and O–H groups in total. The molecule has 0 radical (unpaired) electrons. The number of benzene rings is 1. The summed E-state index contributed by atoms with van der Waals surface area (Å²) in [6, 6.07) is 6.86. The molecule has 3 rings (SSSR count). The minimum atomic E-state index is 0.621. The predicted octanol–water partition coefficient (Wildman–Crippen LogP) is 3.62. The van der Waals surface area contributed by atoms with Crippen LogP contribution in [0.1, 0.15) is 32.6 Å². The van der Waals surface area contributed by atoms with Crippen LogP contribution in [0.2, 0.25) is 0 Å². The highest BCUT2D eigenvalue weighted by molar-refractivity contribution is 5.78. The van der Waals surface area contributed by atoms with Gasteiger partial charge in [0, 0.05) is 24.1 Å². The number of aromatic nitrogens is 2. The average Bonchev–Trinajstić information content (AvgIpc) is 2.41. The molecular formula is C15H19N3. The van der Waals surface area contributed by atoms with E-state index in [0.29, 0.717) is 6.04 Å². The molecule has 1 fully saturated rings. The summed E-state index contributed by atoms with van der Waals surface area (Å²) in [4.78, 5) is 8.63. The van der Waals surface area contributed by atoms with E-state index in [9.17, 15) is 0 Å². The van der Waals surface area contributed by atoms with Gasteiger partial charge in [0.2, 0.25) is 0 Å². The van der Waals surface area contributed by atoms with Gasteiger partial charge in [-0.25, -0.2) is 0 Å². The maximum atomic E-state index is 4.34. The molecule has 1 aliphatic rings. The largest absolute Gasteiger partial charge is 0.382 e. The Morgan fingerprint density at radius 1 is 1.00 bits per heavy atom. The molecule has 1 aromatic carbocycles. The highest BCUT2D eigenvalue weighted by Crippen LogP contribution is 2.26. The second kappa shape index (κ2) is 4.92. The maximum absolute atomic E-state index is 4.34. The molecule has 94 valence electrons. The van der Waals surface area contributed by atoms with Crippen LogP contribution in [-0.4, -0.2) is 16.0 Å². The molecule has 3 heteroatoms. The Hall–Kier alpha value is -1.64. The van der Waals surface area contributed by atoms with Gasteiger partial charge in [0.05, 0.1) is 11.0 Å². The van der Waals surface area contributed by atoms with Crippen molar-refractivity contribution in [3.63, 3.8) is 0 Å². The summed E-state index contributed by atoms with van der Waals surface area (Å²) in [5.41, 5.74) is 3.09. The van der Waals surface area contributed by atoms with Gasteiger partial charge in [-0.3, -0.25) is 9.97 Å². The lowest BCUT2D eigenvalue weighted by molar-refractivity contribution is 0.361. The minimum Gasteiger partial charge on any atom is -0.382 e. The van der Waals surface area contributed by atoms with Gasteiger partial charge in [-0.1, -0.05) is 6.92 Å². The van der Waals surface area contributed by atoms with E-state index >= 15 is 0 Å². The molecule has 0 saturated heterocycles. The monoisotopic (exact) mass is 241 g/mol. The number of nitrogens with one attached hydrogen (secondary N) is 1. The Morgan fingerprint density at radius 2 is 1.72 bits per heavy atom. The maximum Gasteiger partial charge on any atom is 0.0907 e. The van der Waals surface area contributed by atoms with Crippen molar-refractivity contribution in [2.24, 2.45) is 5.92 Å². The second-order valence-electron chi connectivity index (χ2n) is 5.36. The van der Waals surface area contributed by atoms with E-state index < -0.39 is 0 Å². The first-order valence-electron chi connectivity index (χ1n) is 6.78. The van der Waals surface area contributed by atoms with Crippen molar-refractivity contribution in [3.05, 3.63) is 30.6 Å². The Kier molecular flexibility index (Phi) is 3.13. The molecule has 3 nitrogen and oxygen atoms in total. The van der Waals surface area contributed by atoms with E-state index in [1.54, 1.807) is 12.4 Å². The quantitative estimate of drug-likeness (QED) is 0.872. The van der Waals surface area contributed by atoms with Gasteiger partial charge in [0.1, 0.15) is 0 Å². The van der Waals surface area contributed by atoms with Gasteiger partial charge in [0.25, 0.3) is 0 Å². The molecule has 0 atom stereocenters. The molecule has 18 heavy (non-hydrogen) atoms. The third-order valence-corrected chi connectivity index (χ3v) is 3.86. The van der Waals surface area contributed by atoms with Gasteiger partial charge in [-0.2, -0.15) is 0 Å². The molecule has 0 unspecified atom stereocenters. The zero-order valence-corrected chi connectivity index (χ0v) is 10.8. The number of anilines is 1. The van der Waals surface area contributed by atoms with Crippen molar-refractivity contribution in [3.8, 4) is 0 Å². The summed E-state index contributed by atoms with van der Waals surface area (Å²) < 4.78 is 0. The summed E-state index contributed by atoms with van der Waals surface area (Å²) in [6.45, 7) is 2.35. The van der Waals surface area contributed by atoms with Gasteiger partial charge >= 0.3 is 0 Å². The lowest BCUT2D eigenvalue weighted by Crippen LogP contribution is -2.25. The highest BCUT2D eigenvalue weighted by atomic mass is 14.9.